The van der Waals surface area contributed by atoms with Crippen molar-refractivity contribution in [2.45, 2.75) is 105 Å². The molecule has 0 spiro atoms. The molecular weight excluding hydrogens is 560 g/mol. The second kappa shape index (κ2) is 19.2. The van der Waals surface area contributed by atoms with E-state index in [0.717, 1.165) is 51.4 Å². The van der Waals surface area contributed by atoms with Gasteiger partial charge in [-0.1, -0.05) is 90.5 Å². The van der Waals surface area contributed by atoms with Crippen LogP contribution in [0.15, 0.2) is 36.4 Å². The summed E-state index contributed by atoms with van der Waals surface area (Å²) in [7, 11) is 0. The topological polar surface area (TPSA) is 157 Å². The van der Waals surface area contributed by atoms with Gasteiger partial charge >= 0.3 is 0 Å². The molecule has 10 nitrogen and oxygen atoms in total. The third-order valence-electron chi connectivity index (χ3n) is 7.79. The fourth-order valence-electron chi connectivity index (χ4n) is 4.99. The van der Waals surface area contributed by atoms with E-state index in [9.17, 15) is 29.4 Å². The largest absolute Gasteiger partial charge is 0.507 e. The van der Waals surface area contributed by atoms with Gasteiger partial charge in [-0.25, -0.2) is 0 Å². The lowest BCUT2D eigenvalue weighted by molar-refractivity contribution is -0.129. The molecule has 44 heavy (non-hydrogen) atoms. The maximum absolute atomic E-state index is 13.2. The molecule has 2 atom stereocenters. The van der Waals surface area contributed by atoms with Crippen LogP contribution in [0, 0.1) is 11.8 Å². The Balaban J connectivity index is 2.01. The normalized spacial score (nSPS) is 12.2. The van der Waals surface area contributed by atoms with E-state index in [1.54, 1.807) is 31.2 Å². The number of para-hydroxylation sites is 2. The highest BCUT2D eigenvalue weighted by molar-refractivity contribution is 5.99. The molecule has 0 aliphatic carbocycles. The monoisotopic (exact) mass is 610 g/mol. The summed E-state index contributed by atoms with van der Waals surface area (Å²) in [5.74, 6) is -3.61. The van der Waals surface area contributed by atoms with E-state index in [2.05, 4.69) is 28.6 Å². The molecule has 0 radical (unpaired) electrons. The van der Waals surface area contributed by atoms with Crippen molar-refractivity contribution in [3.05, 3.63) is 58.7 Å². The zero-order chi connectivity index (χ0) is 32.5. The summed E-state index contributed by atoms with van der Waals surface area (Å²) in [6, 6.07) is 9.91. The molecule has 2 rings (SSSR count). The Morgan fingerprint density at radius 2 is 1.11 bits per heavy atom. The summed E-state index contributed by atoms with van der Waals surface area (Å²) >= 11 is 0. The average molecular weight is 611 g/mol. The highest BCUT2D eigenvalue weighted by Crippen LogP contribution is 2.25. The lowest BCUT2D eigenvalue weighted by Crippen LogP contribution is -2.47. The minimum atomic E-state index is -0.642. The van der Waals surface area contributed by atoms with Crippen molar-refractivity contribution >= 4 is 23.6 Å². The van der Waals surface area contributed by atoms with Crippen molar-refractivity contribution in [3.8, 4) is 11.5 Å². The number of unbranched alkanes of at least 4 members (excludes halogenated alkanes) is 5. The summed E-state index contributed by atoms with van der Waals surface area (Å²) in [6.45, 7) is 7.84. The predicted molar refractivity (Wildman–Crippen MR) is 171 cm³/mol. The second-order valence-corrected chi connectivity index (χ2v) is 11.4. The Bertz CT molecular complexity index is 1250. The summed E-state index contributed by atoms with van der Waals surface area (Å²) in [6.07, 6.45) is 9.39. The van der Waals surface area contributed by atoms with Gasteiger partial charge in [0.25, 0.3) is 11.8 Å². The van der Waals surface area contributed by atoms with E-state index in [-0.39, 0.29) is 29.0 Å². The zero-order valence-electron chi connectivity index (χ0n) is 26.6. The predicted octanol–water partition coefficient (Wildman–Crippen LogP) is 5.62. The highest BCUT2D eigenvalue weighted by Gasteiger charge is 2.26. The van der Waals surface area contributed by atoms with Crippen LogP contribution in [-0.2, 0) is 22.4 Å². The van der Waals surface area contributed by atoms with Gasteiger partial charge in [0.2, 0.25) is 11.8 Å². The number of carbonyl (C=O) groups excluding carboxylic acids is 4. The SMILES string of the molecule is CCCCCCC(CC(C)C(=O)NNC(=O)c1cccc(CCCC)c1O)C(=O)NNC(=O)c1cccc(CCCC)c1O. The van der Waals surface area contributed by atoms with Crippen LogP contribution in [0.1, 0.15) is 124 Å². The van der Waals surface area contributed by atoms with Gasteiger partial charge in [-0.2, -0.15) is 0 Å². The van der Waals surface area contributed by atoms with Gasteiger partial charge in [-0.15, -0.1) is 0 Å². The summed E-state index contributed by atoms with van der Waals surface area (Å²) in [4.78, 5) is 51.6. The van der Waals surface area contributed by atoms with Crippen molar-refractivity contribution in [2.75, 3.05) is 0 Å². The van der Waals surface area contributed by atoms with Crippen molar-refractivity contribution in [3.63, 3.8) is 0 Å². The Morgan fingerprint density at radius 1 is 0.636 bits per heavy atom. The molecule has 4 amide bonds. The van der Waals surface area contributed by atoms with E-state index in [1.807, 2.05) is 13.8 Å². The van der Waals surface area contributed by atoms with E-state index in [0.29, 0.717) is 30.4 Å². The maximum Gasteiger partial charge on any atom is 0.273 e. The van der Waals surface area contributed by atoms with Crippen molar-refractivity contribution < 1.29 is 29.4 Å². The van der Waals surface area contributed by atoms with Gasteiger partial charge in [-0.05, 0) is 61.8 Å². The number of nitrogens with one attached hydrogen (secondary N) is 4. The smallest absolute Gasteiger partial charge is 0.273 e. The minimum absolute atomic E-state index is 0.0670. The molecule has 0 bridgehead atoms. The van der Waals surface area contributed by atoms with E-state index in [4.69, 9.17) is 0 Å². The molecule has 242 valence electrons. The zero-order valence-corrected chi connectivity index (χ0v) is 26.6. The van der Waals surface area contributed by atoms with Crippen LogP contribution in [0.5, 0.6) is 11.5 Å². The first kappa shape index (κ1) is 36.1. The summed E-state index contributed by atoms with van der Waals surface area (Å²) < 4.78 is 0. The van der Waals surface area contributed by atoms with Gasteiger partial charge in [-0.3, -0.25) is 40.9 Å². The quantitative estimate of drug-likeness (QED) is 0.101. The molecule has 2 aromatic carbocycles. The average Bonchev–Trinajstić information content (AvgIpc) is 3.02. The lowest BCUT2D eigenvalue weighted by atomic mass is 9.90. The number of benzene rings is 2. The van der Waals surface area contributed by atoms with E-state index in [1.165, 1.54) is 12.1 Å². The first-order chi connectivity index (χ1) is 21.1. The summed E-state index contributed by atoms with van der Waals surface area (Å²) in [5, 5.41) is 21.1. The number of phenolic OH excluding ortho intramolecular Hbond substituents is 2. The molecule has 0 aliphatic rings. The minimum Gasteiger partial charge on any atom is -0.507 e. The number of aryl methyl sites for hydroxylation is 2. The molecule has 2 aromatic rings. The Hall–Kier alpha value is -4.08. The number of hydrogen-bond acceptors (Lipinski definition) is 6. The molecule has 0 aromatic heterocycles. The molecule has 6 N–H and O–H groups in total. The first-order valence-electron chi connectivity index (χ1n) is 16.0. The van der Waals surface area contributed by atoms with Gasteiger partial charge in [0.05, 0.1) is 11.1 Å². The molecular formula is C34H50N4O6. The first-order valence-corrected chi connectivity index (χ1v) is 16.0. The van der Waals surface area contributed by atoms with Gasteiger partial charge < -0.3 is 10.2 Å². The van der Waals surface area contributed by atoms with Gasteiger partial charge in [0.15, 0.2) is 0 Å². The number of aromatic hydroxyl groups is 2. The van der Waals surface area contributed by atoms with Crippen molar-refractivity contribution in [2.24, 2.45) is 11.8 Å². The molecule has 0 heterocycles. The third-order valence-corrected chi connectivity index (χ3v) is 7.79. The molecule has 10 heteroatoms. The Labute approximate surface area is 261 Å². The summed E-state index contributed by atoms with van der Waals surface area (Å²) in [5.41, 5.74) is 11.1. The molecule has 0 fully saturated rings. The van der Waals surface area contributed by atoms with Crippen LogP contribution in [0.4, 0.5) is 0 Å². The Morgan fingerprint density at radius 3 is 1.59 bits per heavy atom. The number of amides is 4. The van der Waals surface area contributed by atoms with Crippen LogP contribution >= 0.6 is 0 Å². The third kappa shape index (κ3) is 11.2. The van der Waals surface area contributed by atoms with E-state index >= 15 is 0 Å². The van der Waals surface area contributed by atoms with Crippen molar-refractivity contribution in [1.29, 1.82) is 0 Å². The van der Waals surface area contributed by atoms with Crippen LogP contribution < -0.4 is 21.7 Å². The molecule has 2 unspecified atom stereocenters. The Kier molecular flexibility index (Phi) is 15.8. The number of hydrazine groups is 2. The fourth-order valence-corrected chi connectivity index (χ4v) is 4.99. The van der Waals surface area contributed by atoms with Gasteiger partial charge in [0, 0.05) is 11.8 Å². The van der Waals surface area contributed by atoms with Crippen LogP contribution in [0.3, 0.4) is 0 Å². The van der Waals surface area contributed by atoms with E-state index < -0.39 is 35.5 Å². The second-order valence-electron chi connectivity index (χ2n) is 11.4. The van der Waals surface area contributed by atoms with Crippen LogP contribution in [0.25, 0.3) is 0 Å². The number of hydrogen-bond donors (Lipinski definition) is 6. The number of rotatable bonds is 17. The van der Waals surface area contributed by atoms with Crippen molar-refractivity contribution in [1.82, 2.24) is 21.7 Å². The number of phenols is 2. The van der Waals surface area contributed by atoms with Gasteiger partial charge in [0.1, 0.15) is 11.5 Å². The maximum atomic E-state index is 13.2. The molecule has 0 saturated carbocycles. The molecule has 0 aliphatic heterocycles. The molecule has 0 saturated heterocycles. The highest BCUT2D eigenvalue weighted by atomic mass is 16.3. The van der Waals surface area contributed by atoms with Crippen LogP contribution in [-0.4, -0.2) is 33.8 Å². The lowest BCUT2D eigenvalue weighted by Gasteiger charge is -2.21. The van der Waals surface area contributed by atoms with Crippen LogP contribution in [0.2, 0.25) is 0 Å². The fraction of sp³-hybridized carbons (Fsp3) is 0.529. The standard InChI is InChI=1S/C34H50N4O6/c1-5-8-11-12-17-26(32(42)36-38-34(44)28-21-14-19-25(30(28)40)16-10-7-3)22-23(4)31(41)35-37-33(43)27-20-13-18-24(29(27)39)15-9-6-2/h13-14,18-21,23,26,39-40H,5-12,15-17,22H2,1-4H3,(H,35,41)(H,36,42)(H,37,43)(H,38,44). The number of carbonyl (C=O) groups is 4.